The van der Waals surface area contributed by atoms with E-state index in [1.807, 2.05) is 0 Å². The molecule has 0 aliphatic carbocycles. The van der Waals surface area contributed by atoms with Crippen LogP contribution < -0.4 is 4.18 Å². The molecule has 0 aliphatic heterocycles. The van der Waals surface area contributed by atoms with Crippen molar-refractivity contribution >= 4 is 79.4 Å². The van der Waals surface area contributed by atoms with Gasteiger partial charge >= 0.3 is 69.2 Å². The molecule has 0 bridgehead atoms. The van der Waals surface area contributed by atoms with Crippen molar-refractivity contribution in [2.24, 2.45) is 0 Å². The van der Waals surface area contributed by atoms with E-state index < -0.39 is 25.1 Å². The summed E-state index contributed by atoms with van der Waals surface area (Å²) in [5, 5.41) is 9.26. The Hall–Kier alpha value is -0.1000. The normalized spacial score (nSPS) is 11.0. The number of hydrogen-bond donors (Lipinski definition) is 2. The van der Waals surface area contributed by atoms with Crippen molar-refractivity contribution in [3.05, 3.63) is 48.5 Å². The van der Waals surface area contributed by atoms with Gasteiger partial charge in [0, 0.05) is 12.1 Å². The second kappa shape index (κ2) is 8.84. The molecule has 23 heavy (non-hydrogen) atoms. The Kier molecular flexibility index (Phi) is 8.80. The van der Waals surface area contributed by atoms with E-state index in [-0.39, 0.29) is 75.5 Å². The predicted octanol–water partition coefficient (Wildman–Crippen LogP) is 0.110. The molecule has 0 unspecified atom stereocenters. The molecule has 2 aromatic rings. The number of aromatic hydroxyl groups is 1. The Bertz CT molecular complexity index is 880. The summed E-state index contributed by atoms with van der Waals surface area (Å²) in [6.45, 7) is 0. The van der Waals surface area contributed by atoms with E-state index in [2.05, 4.69) is 0 Å². The van der Waals surface area contributed by atoms with E-state index in [0.29, 0.717) is 0 Å². The average Bonchev–Trinajstić information content (AvgIpc) is 2.37. The standard InChI is InChI=1S/C12H10O7S2.2Na.2H/c13-9-3-1-6-12(7-9)21(17,18)19-10-4-2-5-11(8-10)20(14,15)16;;;;/h1-8,13H,(H,14,15,16);;;;. The van der Waals surface area contributed by atoms with Crippen LogP contribution in [0.25, 0.3) is 0 Å². The molecule has 2 N–H and O–H groups in total. The van der Waals surface area contributed by atoms with Gasteiger partial charge in [0.2, 0.25) is 0 Å². The summed E-state index contributed by atoms with van der Waals surface area (Å²) in [7, 11) is -8.70. The van der Waals surface area contributed by atoms with Gasteiger partial charge in [-0.2, -0.15) is 16.8 Å². The number of rotatable bonds is 4. The quantitative estimate of drug-likeness (QED) is 0.440. The van der Waals surface area contributed by atoms with Crippen LogP contribution in [0.4, 0.5) is 0 Å². The molecule has 0 spiro atoms. The molecule has 0 amide bonds. The van der Waals surface area contributed by atoms with Crippen molar-refractivity contribution in [1.29, 1.82) is 0 Å². The first kappa shape index (κ1) is 22.9. The first-order chi connectivity index (χ1) is 9.68. The number of benzene rings is 2. The molecule has 0 saturated carbocycles. The first-order valence-corrected chi connectivity index (χ1v) is 8.34. The zero-order chi connectivity index (χ0) is 15.7. The molecule has 0 saturated heterocycles. The zero-order valence-corrected chi connectivity index (χ0v) is 12.0. The third-order valence-electron chi connectivity index (χ3n) is 2.42. The SMILES string of the molecule is O=S(=O)(O)c1cccc(OS(=O)(=O)c2cccc(O)c2)c1.[NaH].[NaH]. The van der Waals surface area contributed by atoms with Crippen molar-refractivity contribution in [3.8, 4) is 11.5 Å². The monoisotopic (exact) mass is 378 g/mol. The fourth-order valence-electron chi connectivity index (χ4n) is 1.50. The van der Waals surface area contributed by atoms with E-state index in [0.717, 1.165) is 18.2 Å². The van der Waals surface area contributed by atoms with E-state index in [4.69, 9.17) is 8.74 Å². The van der Waals surface area contributed by atoms with Crippen LogP contribution in [0, 0.1) is 0 Å². The van der Waals surface area contributed by atoms with Crippen molar-refractivity contribution in [3.63, 3.8) is 0 Å². The second-order valence-electron chi connectivity index (χ2n) is 3.98. The Labute approximate surface area is 178 Å². The molecule has 0 fully saturated rings. The molecule has 7 nitrogen and oxygen atoms in total. The average molecular weight is 378 g/mol. The van der Waals surface area contributed by atoms with Gasteiger partial charge in [0.15, 0.2) is 0 Å². The second-order valence-corrected chi connectivity index (χ2v) is 6.95. The van der Waals surface area contributed by atoms with E-state index in [1.54, 1.807) is 0 Å². The molecule has 0 aromatic heterocycles. The van der Waals surface area contributed by atoms with Crippen LogP contribution in [0.1, 0.15) is 0 Å². The molecular weight excluding hydrogens is 366 g/mol. The molecule has 0 heterocycles. The van der Waals surface area contributed by atoms with E-state index in [9.17, 15) is 21.9 Å². The summed E-state index contributed by atoms with van der Waals surface area (Å²) < 4.78 is 59.6. The van der Waals surface area contributed by atoms with Crippen LogP contribution in [-0.4, -0.2) is 85.6 Å². The molecule has 0 aliphatic rings. The van der Waals surface area contributed by atoms with Crippen molar-refractivity contribution in [2.45, 2.75) is 9.79 Å². The summed E-state index contributed by atoms with van der Waals surface area (Å²) in [5.41, 5.74) is 0. The van der Waals surface area contributed by atoms with Gasteiger partial charge in [0.25, 0.3) is 10.1 Å². The molecule has 0 atom stereocenters. The van der Waals surface area contributed by atoms with E-state index in [1.165, 1.54) is 30.3 Å². The van der Waals surface area contributed by atoms with Crippen LogP contribution in [-0.2, 0) is 20.2 Å². The fraction of sp³-hybridized carbons (Fsp3) is 0. The van der Waals surface area contributed by atoms with Crippen molar-refractivity contribution in [1.82, 2.24) is 0 Å². The molecule has 2 aromatic carbocycles. The number of phenolic OH excluding ortho intramolecular Hbond substituents is 1. The molecule has 0 radical (unpaired) electrons. The minimum absolute atomic E-state index is 0. The maximum atomic E-state index is 12.0. The number of phenols is 1. The summed E-state index contributed by atoms with van der Waals surface area (Å²) in [4.78, 5) is -0.786. The molecular formula is C12H12Na2O7S2. The van der Waals surface area contributed by atoms with E-state index >= 15 is 0 Å². The molecule has 11 heteroatoms. The van der Waals surface area contributed by atoms with Crippen LogP contribution in [0.3, 0.4) is 0 Å². The first-order valence-electron chi connectivity index (χ1n) is 5.49. The summed E-state index contributed by atoms with van der Waals surface area (Å²) >= 11 is 0. The van der Waals surface area contributed by atoms with Crippen LogP contribution >= 0.6 is 0 Å². The third-order valence-corrected chi connectivity index (χ3v) is 4.51. The van der Waals surface area contributed by atoms with Gasteiger partial charge < -0.3 is 9.29 Å². The predicted molar refractivity (Wildman–Crippen MR) is 86.5 cm³/mol. The van der Waals surface area contributed by atoms with Gasteiger partial charge in [-0.15, -0.1) is 0 Å². The van der Waals surface area contributed by atoms with Gasteiger partial charge in [-0.3, -0.25) is 4.55 Å². The van der Waals surface area contributed by atoms with Gasteiger partial charge in [0.05, 0.1) is 4.90 Å². The third kappa shape index (κ3) is 6.37. The van der Waals surface area contributed by atoms with Crippen LogP contribution in [0.15, 0.2) is 58.3 Å². The summed E-state index contributed by atoms with van der Waals surface area (Å²) in [5.74, 6) is -0.542. The van der Waals surface area contributed by atoms with Crippen molar-refractivity contribution in [2.75, 3.05) is 0 Å². The Morgan fingerprint density at radius 1 is 0.826 bits per heavy atom. The number of hydrogen-bond acceptors (Lipinski definition) is 6. The Morgan fingerprint density at radius 3 is 1.96 bits per heavy atom. The minimum atomic E-state index is -4.47. The zero-order valence-electron chi connectivity index (χ0n) is 10.4. The summed E-state index contributed by atoms with van der Waals surface area (Å²) in [6, 6.07) is 9.20. The Morgan fingerprint density at radius 2 is 1.39 bits per heavy atom. The van der Waals surface area contributed by atoms with Gasteiger partial charge in [-0.1, -0.05) is 12.1 Å². The molecule has 116 valence electrons. The Balaban J connectivity index is 0.00000242. The van der Waals surface area contributed by atoms with Crippen LogP contribution in [0.5, 0.6) is 11.5 Å². The van der Waals surface area contributed by atoms with Gasteiger partial charge in [0.1, 0.15) is 16.4 Å². The maximum absolute atomic E-state index is 12.0. The fourth-order valence-corrected chi connectivity index (χ4v) is 2.98. The topological polar surface area (TPSA) is 118 Å². The summed E-state index contributed by atoms with van der Waals surface area (Å²) in [6.07, 6.45) is 0. The van der Waals surface area contributed by atoms with Gasteiger partial charge in [-0.25, -0.2) is 0 Å². The van der Waals surface area contributed by atoms with Gasteiger partial charge in [-0.05, 0) is 24.3 Å². The van der Waals surface area contributed by atoms with Crippen LogP contribution in [0.2, 0.25) is 0 Å². The van der Waals surface area contributed by atoms with Crippen molar-refractivity contribution < 1.29 is 30.7 Å². The molecule has 2 rings (SSSR count).